The summed E-state index contributed by atoms with van der Waals surface area (Å²) >= 11 is 0. The second-order valence-electron chi connectivity index (χ2n) is 9.27. The first kappa shape index (κ1) is 22.9. The second kappa shape index (κ2) is 7.84. The number of aliphatic hydroxyl groups excluding tert-OH is 2. The highest BCUT2D eigenvalue weighted by atomic mass is 16.6. The van der Waals surface area contributed by atoms with E-state index in [-0.39, 0.29) is 35.4 Å². The summed E-state index contributed by atoms with van der Waals surface area (Å²) < 4.78 is 0. The molecule has 1 heterocycles. The van der Waals surface area contributed by atoms with Crippen LogP contribution in [0.15, 0.2) is 34.2 Å². The third-order valence-corrected chi connectivity index (χ3v) is 7.50. The predicted octanol–water partition coefficient (Wildman–Crippen LogP) is 0.636. The molecule has 5 rings (SSSR count). The van der Waals surface area contributed by atoms with E-state index >= 15 is 0 Å². The Labute approximate surface area is 199 Å². The molecule has 0 unspecified atom stereocenters. The van der Waals surface area contributed by atoms with Crippen molar-refractivity contribution < 1.29 is 39.6 Å². The van der Waals surface area contributed by atoms with Gasteiger partial charge in [0.25, 0.3) is 5.91 Å². The molecule has 6 N–H and O–H groups in total. The zero-order chi connectivity index (χ0) is 25.2. The molecule has 0 radical (unpaired) electrons. The number of primary amides is 1. The molecule has 0 bridgehead atoms. The Morgan fingerprint density at radius 3 is 2.46 bits per heavy atom. The number of hydrogen-bond acceptors (Lipinski definition) is 10. The number of amides is 1. The Morgan fingerprint density at radius 1 is 1.14 bits per heavy atom. The second-order valence-corrected chi connectivity index (χ2v) is 9.27. The van der Waals surface area contributed by atoms with E-state index in [4.69, 9.17) is 10.6 Å². The number of aromatic hydroxyl groups is 1. The molecule has 3 aliphatic carbocycles. The lowest BCUT2D eigenvalue weighted by atomic mass is 9.58. The number of hydrogen-bond donors (Lipinski definition) is 5. The number of allylic oxidation sites excluding steroid dienone is 1. The Bertz CT molecular complexity index is 1270. The van der Waals surface area contributed by atoms with Gasteiger partial charge in [-0.05, 0) is 49.3 Å². The Hall–Kier alpha value is -3.86. The lowest BCUT2D eigenvalue weighted by Crippen LogP contribution is -2.64. The quantitative estimate of drug-likeness (QED) is 0.234. The van der Waals surface area contributed by atoms with Crippen LogP contribution in [-0.4, -0.2) is 69.4 Å². The van der Waals surface area contributed by atoms with Crippen molar-refractivity contribution in [2.45, 2.75) is 31.3 Å². The molecule has 35 heavy (non-hydrogen) atoms. The predicted molar refractivity (Wildman–Crippen MR) is 123 cm³/mol. The van der Waals surface area contributed by atoms with E-state index in [0.29, 0.717) is 5.56 Å². The van der Waals surface area contributed by atoms with Crippen molar-refractivity contribution in [1.82, 2.24) is 0 Å². The fourth-order valence-electron chi connectivity index (χ4n) is 5.93. The first-order valence-corrected chi connectivity index (χ1v) is 11.3. The summed E-state index contributed by atoms with van der Waals surface area (Å²) in [5, 5.41) is 47.6. The number of nitrogens with zero attached hydrogens (tertiary/aromatic N) is 2. The summed E-state index contributed by atoms with van der Waals surface area (Å²) in [5.74, 6) is -7.47. The van der Waals surface area contributed by atoms with Crippen LogP contribution in [0.1, 0.15) is 30.4 Å². The van der Waals surface area contributed by atoms with Crippen LogP contribution >= 0.6 is 0 Å². The number of ketones is 2. The average Bonchev–Trinajstić information content (AvgIpc) is 3.33. The number of oxime groups is 1. The SMILES string of the molecule is CO/N=C1\C(O)=C(C(N)=O)C(=O)[C@@]2(O)C(=O)C3=C(O)c4c(O)ccc(N5CCCC5)c4C[C@H]3C[C@@H]12. The van der Waals surface area contributed by atoms with Crippen molar-refractivity contribution in [3.63, 3.8) is 0 Å². The fourth-order valence-corrected chi connectivity index (χ4v) is 5.93. The van der Waals surface area contributed by atoms with Crippen LogP contribution in [0.3, 0.4) is 0 Å². The van der Waals surface area contributed by atoms with Gasteiger partial charge < -0.3 is 35.9 Å². The van der Waals surface area contributed by atoms with Crippen molar-refractivity contribution >= 4 is 34.6 Å². The molecular weight excluding hydrogens is 458 g/mol. The molecule has 11 nitrogen and oxygen atoms in total. The van der Waals surface area contributed by atoms with E-state index in [1.165, 1.54) is 13.2 Å². The normalized spacial score (nSPS) is 29.3. The molecule has 0 spiro atoms. The lowest BCUT2D eigenvalue weighted by Gasteiger charge is -2.45. The van der Waals surface area contributed by atoms with Crippen LogP contribution in [0, 0.1) is 11.8 Å². The van der Waals surface area contributed by atoms with Gasteiger partial charge in [0.05, 0.1) is 11.5 Å². The molecule has 1 aliphatic heterocycles. The molecule has 11 heteroatoms. The number of aliphatic hydroxyl groups is 3. The summed E-state index contributed by atoms with van der Waals surface area (Å²) in [6.45, 7) is 1.63. The summed E-state index contributed by atoms with van der Waals surface area (Å²) in [7, 11) is 1.17. The third kappa shape index (κ3) is 3.00. The van der Waals surface area contributed by atoms with E-state index in [1.807, 2.05) is 0 Å². The molecule has 4 aliphatic rings. The highest BCUT2D eigenvalue weighted by Crippen LogP contribution is 2.52. The van der Waals surface area contributed by atoms with Gasteiger partial charge in [-0.25, -0.2) is 0 Å². The summed E-state index contributed by atoms with van der Waals surface area (Å²) in [6, 6.07) is 3.21. The van der Waals surface area contributed by atoms with Gasteiger partial charge in [0.1, 0.15) is 29.9 Å². The molecule has 1 saturated carbocycles. The van der Waals surface area contributed by atoms with Crippen molar-refractivity contribution in [3.8, 4) is 5.75 Å². The van der Waals surface area contributed by atoms with Crippen molar-refractivity contribution in [1.29, 1.82) is 0 Å². The van der Waals surface area contributed by atoms with Crippen LogP contribution in [-0.2, 0) is 25.6 Å². The van der Waals surface area contributed by atoms with E-state index in [1.54, 1.807) is 6.07 Å². The Morgan fingerprint density at radius 2 is 1.83 bits per heavy atom. The number of phenols is 1. The molecule has 1 saturated heterocycles. The maximum Gasteiger partial charge on any atom is 0.256 e. The van der Waals surface area contributed by atoms with Crippen molar-refractivity contribution in [2.24, 2.45) is 22.7 Å². The highest BCUT2D eigenvalue weighted by molar-refractivity contribution is 6.38. The maximum atomic E-state index is 13.7. The van der Waals surface area contributed by atoms with Gasteiger partial charge in [-0.15, -0.1) is 0 Å². The number of nitrogens with two attached hydrogens (primary N) is 1. The standard InChI is InChI=1S/C24H25N3O8/c1-35-26-18-12-9-10-8-11-13(27-6-2-3-7-27)4-5-14(28)16(11)19(29)15(10)21(31)24(12,34)22(32)17(20(18)30)23(25)33/h4-5,10,12,28-30,34H,2-3,6-9H2,1H3,(H2,25,33)/b26-18-/t10-,12-,24-/m0/s1. The number of rotatable bonds is 3. The molecule has 3 atom stereocenters. The van der Waals surface area contributed by atoms with E-state index in [9.17, 15) is 34.8 Å². The minimum atomic E-state index is -2.84. The zero-order valence-corrected chi connectivity index (χ0v) is 18.9. The summed E-state index contributed by atoms with van der Waals surface area (Å²) in [6.07, 6.45) is 2.17. The topological polar surface area (TPSA) is 183 Å². The highest BCUT2D eigenvalue weighted by Gasteiger charge is 2.64. The number of benzene rings is 1. The minimum absolute atomic E-state index is 0.0692. The first-order chi connectivity index (χ1) is 16.6. The Kier molecular flexibility index (Phi) is 5.13. The summed E-state index contributed by atoms with van der Waals surface area (Å²) in [5.41, 5.74) is 2.44. The monoisotopic (exact) mass is 483 g/mol. The molecular formula is C24H25N3O8. The van der Waals surface area contributed by atoms with Crippen LogP contribution in [0.2, 0.25) is 0 Å². The van der Waals surface area contributed by atoms with Crippen LogP contribution < -0.4 is 10.6 Å². The van der Waals surface area contributed by atoms with Gasteiger partial charge in [-0.2, -0.15) is 0 Å². The molecule has 1 aromatic rings. The minimum Gasteiger partial charge on any atom is -0.507 e. The maximum absolute atomic E-state index is 13.7. The smallest absolute Gasteiger partial charge is 0.256 e. The van der Waals surface area contributed by atoms with Gasteiger partial charge in [0.15, 0.2) is 11.4 Å². The third-order valence-electron chi connectivity index (χ3n) is 7.50. The number of carbonyl (C=O) groups excluding carboxylic acids is 3. The van der Waals surface area contributed by atoms with Crippen molar-refractivity contribution in [3.05, 3.63) is 40.2 Å². The number of anilines is 1. The van der Waals surface area contributed by atoms with E-state index in [0.717, 1.165) is 31.6 Å². The van der Waals surface area contributed by atoms with Crippen LogP contribution in [0.4, 0.5) is 5.69 Å². The molecule has 1 aromatic carbocycles. The molecule has 2 fully saturated rings. The number of Topliss-reactive ketones (excluding diaryl/α,β-unsaturated/α-hetero) is 2. The lowest BCUT2D eigenvalue weighted by molar-refractivity contribution is -0.153. The molecule has 1 amide bonds. The van der Waals surface area contributed by atoms with Crippen LogP contribution in [0.25, 0.3) is 5.76 Å². The van der Waals surface area contributed by atoms with Gasteiger partial charge in [0, 0.05) is 24.4 Å². The molecule has 184 valence electrons. The van der Waals surface area contributed by atoms with E-state index in [2.05, 4.69) is 10.1 Å². The van der Waals surface area contributed by atoms with Gasteiger partial charge >= 0.3 is 0 Å². The number of phenolic OH excluding ortho intramolecular Hbond substituents is 1. The van der Waals surface area contributed by atoms with Gasteiger partial charge in [-0.1, -0.05) is 5.16 Å². The number of carbonyl (C=O) groups is 3. The fraction of sp³-hybridized carbons (Fsp3) is 0.417. The zero-order valence-electron chi connectivity index (χ0n) is 18.9. The molecule has 0 aromatic heterocycles. The number of fused-ring (bicyclic) bond motifs is 3. The summed E-state index contributed by atoms with van der Waals surface area (Å²) in [4.78, 5) is 45.7. The van der Waals surface area contributed by atoms with Gasteiger partial charge in [0.2, 0.25) is 11.6 Å². The van der Waals surface area contributed by atoms with Crippen LogP contribution in [0.5, 0.6) is 5.75 Å². The van der Waals surface area contributed by atoms with E-state index < -0.39 is 52.0 Å². The largest absolute Gasteiger partial charge is 0.507 e. The first-order valence-electron chi connectivity index (χ1n) is 11.3. The van der Waals surface area contributed by atoms with Crippen molar-refractivity contribution in [2.75, 3.05) is 25.1 Å². The Balaban J connectivity index is 1.71. The van der Waals surface area contributed by atoms with Gasteiger partial charge in [-0.3, -0.25) is 14.4 Å². The average molecular weight is 483 g/mol.